The molecule has 3 rings (SSSR count). The second-order valence-corrected chi connectivity index (χ2v) is 6.82. The van der Waals surface area contributed by atoms with Crippen LogP contribution in [0.2, 0.25) is 0 Å². The highest BCUT2D eigenvalue weighted by molar-refractivity contribution is 7.14. The number of aryl methyl sites for hydroxylation is 1. The van der Waals surface area contributed by atoms with Crippen LogP contribution in [-0.4, -0.2) is 21.7 Å². The number of benzene rings is 2. The summed E-state index contributed by atoms with van der Waals surface area (Å²) < 4.78 is 0. The molecule has 0 radical (unpaired) electrons. The number of nitro benzene ring substituents is 1. The number of carbonyl (C=O) groups excluding carboxylic acids is 2. The molecule has 2 N–H and O–H groups in total. The van der Waals surface area contributed by atoms with E-state index in [2.05, 4.69) is 15.6 Å². The van der Waals surface area contributed by atoms with Gasteiger partial charge in [0.25, 0.3) is 11.6 Å². The molecule has 0 atom stereocenters. The quantitative estimate of drug-likeness (QED) is 0.486. The average molecular weight is 396 g/mol. The Bertz CT molecular complexity index is 1030. The summed E-state index contributed by atoms with van der Waals surface area (Å²) >= 11 is 1.13. The number of thiazole rings is 1. The van der Waals surface area contributed by atoms with Gasteiger partial charge in [0.05, 0.1) is 17.0 Å². The lowest BCUT2D eigenvalue weighted by Crippen LogP contribution is -2.16. The van der Waals surface area contributed by atoms with Crippen molar-refractivity contribution in [2.24, 2.45) is 0 Å². The Morgan fingerprint density at radius 3 is 2.61 bits per heavy atom. The molecular formula is C19H16N4O4S. The summed E-state index contributed by atoms with van der Waals surface area (Å²) in [6.07, 6.45) is 0.203. The van der Waals surface area contributed by atoms with Crippen molar-refractivity contribution in [2.75, 3.05) is 10.6 Å². The predicted octanol–water partition coefficient (Wildman–Crippen LogP) is 3.79. The summed E-state index contributed by atoms with van der Waals surface area (Å²) in [6.45, 7) is 1.73. The summed E-state index contributed by atoms with van der Waals surface area (Å²) in [4.78, 5) is 39.0. The van der Waals surface area contributed by atoms with E-state index in [1.54, 1.807) is 13.0 Å². The minimum absolute atomic E-state index is 0.117. The molecule has 0 aliphatic heterocycles. The number of rotatable bonds is 6. The minimum Gasteiger partial charge on any atom is -0.320 e. The second-order valence-electron chi connectivity index (χ2n) is 5.96. The summed E-state index contributed by atoms with van der Waals surface area (Å²) in [5, 5.41) is 18.0. The van der Waals surface area contributed by atoms with Crippen LogP contribution in [0.1, 0.15) is 21.6 Å². The number of nitrogens with zero attached hydrogens (tertiary/aromatic N) is 2. The molecule has 0 saturated carbocycles. The number of hydrogen-bond donors (Lipinski definition) is 2. The van der Waals surface area contributed by atoms with Crippen LogP contribution >= 0.6 is 11.3 Å². The molecular weight excluding hydrogens is 380 g/mol. The Balaban J connectivity index is 1.65. The van der Waals surface area contributed by atoms with Gasteiger partial charge in [0.15, 0.2) is 5.13 Å². The molecule has 9 heteroatoms. The van der Waals surface area contributed by atoms with Gasteiger partial charge in [-0.2, -0.15) is 0 Å². The van der Waals surface area contributed by atoms with E-state index in [0.29, 0.717) is 16.4 Å². The summed E-state index contributed by atoms with van der Waals surface area (Å²) in [7, 11) is 0. The fourth-order valence-electron chi connectivity index (χ4n) is 2.42. The van der Waals surface area contributed by atoms with Crippen LogP contribution in [0.5, 0.6) is 0 Å². The van der Waals surface area contributed by atoms with Crippen LogP contribution < -0.4 is 10.6 Å². The standard InChI is InChI=1S/C19H16N4O4S/c1-12-7-8-14(23(26)27)10-15(12)20-18(25)16-11-28-19(21-16)22-17(24)9-13-5-3-2-4-6-13/h2-8,10-11H,9H2,1H3,(H,20,25)(H,21,22,24). The lowest BCUT2D eigenvalue weighted by molar-refractivity contribution is -0.384. The number of amides is 2. The van der Waals surface area contributed by atoms with Crippen LogP contribution in [0, 0.1) is 17.0 Å². The zero-order chi connectivity index (χ0) is 20.1. The molecule has 3 aromatic rings. The first-order valence-corrected chi connectivity index (χ1v) is 9.16. The smallest absolute Gasteiger partial charge is 0.275 e. The molecule has 8 nitrogen and oxygen atoms in total. The Kier molecular flexibility index (Phi) is 5.75. The molecule has 1 aromatic heterocycles. The zero-order valence-electron chi connectivity index (χ0n) is 14.8. The van der Waals surface area contributed by atoms with Gasteiger partial charge in [-0.05, 0) is 18.1 Å². The third kappa shape index (κ3) is 4.77. The van der Waals surface area contributed by atoms with Gasteiger partial charge in [0.2, 0.25) is 5.91 Å². The summed E-state index contributed by atoms with van der Waals surface area (Å²) in [5.41, 5.74) is 1.89. The highest BCUT2D eigenvalue weighted by atomic mass is 32.1. The van der Waals surface area contributed by atoms with Crippen LogP contribution in [-0.2, 0) is 11.2 Å². The van der Waals surface area contributed by atoms with Gasteiger partial charge in [-0.25, -0.2) is 4.98 Å². The Morgan fingerprint density at radius 1 is 1.14 bits per heavy atom. The van der Waals surface area contributed by atoms with Gasteiger partial charge >= 0.3 is 0 Å². The van der Waals surface area contributed by atoms with Gasteiger partial charge < -0.3 is 10.6 Å². The molecule has 142 valence electrons. The van der Waals surface area contributed by atoms with Gasteiger partial charge in [-0.15, -0.1) is 11.3 Å². The van der Waals surface area contributed by atoms with Crippen molar-refractivity contribution in [3.8, 4) is 0 Å². The van der Waals surface area contributed by atoms with Gasteiger partial charge in [-0.1, -0.05) is 36.4 Å². The first kappa shape index (κ1) is 19.2. The average Bonchev–Trinajstić information content (AvgIpc) is 3.12. The molecule has 0 bridgehead atoms. The minimum atomic E-state index is -0.529. The molecule has 0 unspecified atom stereocenters. The first-order valence-electron chi connectivity index (χ1n) is 8.28. The topological polar surface area (TPSA) is 114 Å². The molecule has 2 amide bonds. The van der Waals surface area contributed by atoms with E-state index in [-0.39, 0.29) is 23.7 Å². The normalized spacial score (nSPS) is 10.3. The van der Waals surface area contributed by atoms with Crippen LogP contribution in [0.25, 0.3) is 0 Å². The zero-order valence-corrected chi connectivity index (χ0v) is 15.7. The first-order chi connectivity index (χ1) is 13.4. The number of aromatic nitrogens is 1. The molecule has 0 aliphatic carbocycles. The molecule has 0 spiro atoms. The highest BCUT2D eigenvalue weighted by Gasteiger charge is 2.16. The maximum atomic E-state index is 12.4. The number of anilines is 2. The van der Waals surface area contributed by atoms with E-state index < -0.39 is 10.8 Å². The molecule has 2 aromatic carbocycles. The Morgan fingerprint density at radius 2 is 1.89 bits per heavy atom. The van der Waals surface area contributed by atoms with Gasteiger partial charge in [0.1, 0.15) is 5.69 Å². The third-order valence-electron chi connectivity index (χ3n) is 3.87. The van der Waals surface area contributed by atoms with Crippen molar-refractivity contribution in [1.82, 2.24) is 4.98 Å². The van der Waals surface area contributed by atoms with Crippen LogP contribution in [0.3, 0.4) is 0 Å². The molecule has 0 aliphatic rings. The monoisotopic (exact) mass is 396 g/mol. The predicted molar refractivity (Wildman–Crippen MR) is 107 cm³/mol. The van der Waals surface area contributed by atoms with E-state index in [1.807, 2.05) is 30.3 Å². The lowest BCUT2D eigenvalue weighted by atomic mass is 10.1. The Hall–Kier alpha value is -3.59. The molecule has 0 saturated heterocycles. The van der Waals surface area contributed by atoms with Crippen molar-refractivity contribution < 1.29 is 14.5 Å². The fourth-order valence-corrected chi connectivity index (χ4v) is 3.13. The van der Waals surface area contributed by atoms with Gasteiger partial charge in [-0.3, -0.25) is 19.7 Å². The van der Waals surface area contributed by atoms with Crippen LogP contribution in [0.15, 0.2) is 53.9 Å². The fraction of sp³-hybridized carbons (Fsp3) is 0.105. The van der Waals surface area contributed by atoms with Crippen molar-refractivity contribution in [2.45, 2.75) is 13.3 Å². The Labute approximate surface area is 164 Å². The number of hydrogen-bond acceptors (Lipinski definition) is 6. The third-order valence-corrected chi connectivity index (χ3v) is 4.63. The van der Waals surface area contributed by atoms with Crippen molar-refractivity contribution in [3.05, 3.63) is 80.8 Å². The number of carbonyl (C=O) groups is 2. The number of nitro groups is 1. The molecule has 0 fully saturated rings. The van der Waals surface area contributed by atoms with E-state index in [1.165, 1.54) is 17.5 Å². The van der Waals surface area contributed by atoms with E-state index in [4.69, 9.17) is 0 Å². The maximum Gasteiger partial charge on any atom is 0.275 e. The number of non-ortho nitro benzene ring substituents is 1. The molecule has 1 heterocycles. The van der Waals surface area contributed by atoms with Gasteiger partial charge in [0, 0.05) is 17.5 Å². The largest absolute Gasteiger partial charge is 0.320 e. The SMILES string of the molecule is Cc1ccc([N+](=O)[O-])cc1NC(=O)c1csc(NC(=O)Cc2ccccc2)n1. The number of nitrogens with one attached hydrogen (secondary N) is 2. The van der Waals surface area contributed by atoms with E-state index >= 15 is 0 Å². The van der Waals surface area contributed by atoms with Crippen molar-refractivity contribution >= 4 is 39.7 Å². The van der Waals surface area contributed by atoms with E-state index in [0.717, 1.165) is 16.9 Å². The highest BCUT2D eigenvalue weighted by Crippen LogP contribution is 2.23. The van der Waals surface area contributed by atoms with Crippen molar-refractivity contribution in [3.63, 3.8) is 0 Å². The summed E-state index contributed by atoms with van der Waals surface area (Å²) in [6, 6.07) is 13.5. The van der Waals surface area contributed by atoms with Crippen LogP contribution in [0.4, 0.5) is 16.5 Å². The second kappa shape index (κ2) is 8.40. The lowest BCUT2D eigenvalue weighted by Gasteiger charge is -2.06. The summed E-state index contributed by atoms with van der Waals surface area (Å²) in [5.74, 6) is -0.745. The maximum absolute atomic E-state index is 12.4. The van der Waals surface area contributed by atoms with E-state index in [9.17, 15) is 19.7 Å². The molecule has 28 heavy (non-hydrogen) atoms. The van der Waals surface area contributed by atoms with Crippen molar-refractivity contribution in [1.29, 1.82) is 0 Å².